The van der Waals surface area contributed by atoms with Crippen LogP contribution in [-0.2, 0) is 6.54 Å². The first kappa shape index (κ1) is 11.8. The molecule has 17 heavy (non-hydrogen) atoms. The quantitative estimate of drug-likeness (QED) is 0.855. The first-order valence-electron chi connectivity index (χ1n) is 5.58. The van der Waals surface area contributed by atoms with Crippen LogP contribution in [0.5, 0.6) is 0 Å². The molecule has 0 radical (unpaired) electrons. The molecule has 0 amide bonds. The zero-order chi connectivity index (χ0) is 12.4. The van der Waals surface area contributed by atoms with E-state index in [1.54, 1.807) is 13.0 Å². The smallest absolute Gasteiger partial charge is 0.126 e. The molecule has 4 heteroatoms. The third kappa shape index (κ3) is 2.36. The zero-order valence-electron chi connectivity index (χ0n) is 10.3. The van der Waals surface area contributed by atoms with Gasteiger partial charge in [-0.1, -0.05) is 0 Å². The lowest BCUT2D eigenvalue weighted by atomic mass is 10.1. The van der Waals surface area contributed by atoms with Crippen LogP contribution in [0.4, 0.5) is 4.39 Å². The summed E-state index contributed by atoms with van der Waals surface area (Å²) in [5, 5.41) is 3.04. The van der Waals surface area contributed by atoms with E-state index >= 15 is 0 Å². The number of aryl methyl sites for hydroxylation is 2. The van der Waals surface area contributed by atoms with E-state index < -0.39 is 0 Å². The maximum atomic E-state index is 13.2. The van der Waals surface area contributed by atoms with Crippen molar-refractivity contribution in [3.05, 3.63) is 41.1 Å². The van der Waals surface area contributed by atoms with Crippen LogP contribution in [0.1, 0.15) is 17.1 Å². The summed E-state index contributed by atoms with van der Waals surface area (Å²) in [4.78, 5) is 7.71. The van der Waals surface area contributed by atoms with Crippen LogP contribution in [0.25, 0.3) is 11.3 Å². The minimum atomic E-state index is -0.183. The minimum Gasteiger partial charge on any atom is -0.344 e. The Morgan fingerprint density at radius 2 is 2.12 bits per heavy atom. The number of hydrogen-bond acceptors (Lipinski definition) is 2. The highest BCUT2D eigenvalue weighted by atomic mass is 19.1. The summed E-state index contributed by atoms with van der Waals surface area (Å²) in [6.45, 7) is 4.43. The van der Waals surface area contributed by atoms with Crippen LogP contribution in [0.3, 0.4) is 0 Å². The van der Waals surface area contributed by atoms with E-state index in [4.69, 9.17) is 0 Å². The van der Waals surface area contributed by atoms with Gasteiger partial charge in [0, 0.05) is 11.3 Å². The van der Waals surface area contributed by atoms with Gasteiger partial charge in [0.1, 0.15) is 11.6 Å². The van der Waals surface area contributed by atoms with Gasteiger partial charge in [-0.2, -0.15) is 0 Å². The van der Waals surface area contributed by atoms with Gasteiger partial charge in [0.15, 0.2) is 0 Å². The molecule has 0 fully saturated rings. The summed E-state index contributed by atoms with van der Waals surface area (Å²) >= 11 is 0. The lowest BCUT2D eigenvalue weighted by molar-refractivity contribution is 0.619. The molecule has 0 bridgehead atoms. The minimum absolute atomic E-state index is 0.183. The molecule has 0 unspecified atom stereocenters. The Labute approximate surface area is 100 Å². The largest absolute Gasteiger partial charge is 0.344 e. The summed E-state index contributed by atoms with van der Waals surface area (Å²) in [5.74, 6) is 0.708. The van der Waals surface area contributed by atoms with Gasteiger partial charge in [0.05, 0.1) is 12.2 Å². The van der Waals surface area contributed by atoms with E-state index in [1.807, 2.05) is 20.0 Å². The highest BCUT2D eigenvalue weighted by Gasteiger charge is 2.09. The van der Waals surface area contributed by atoms with Crippen molar-refractivity contribution in [3.63, 3.8) is 0 Å². The van der Waals surface area contributed by atoms with Crippen LogP contribution >= 0.6 is 0 Å². The Hall–Kier alpha value is -1.68. The number of H-pyrrole nitrogens is 1. The van der Waals surface area contributed by atoms with E-state index in [1.165, 1.54) is 6.07 Å². The third-order valence-electron chi connectivity index (χ3n) is 2.71. The van der Waals surface area contributed by atoms with Gasteiger partial charge in [-0.15, -0.1) is 0 Å². The number of nitrogens with one attached hydrogen (secondary N) is 2. The number of aromatic nitrogens is 2. The predicted molar refractivity (Wildman–Crippen MR) is 66.2 cm³/mol. The number of nitrogens with zero attached hydrogens (tertiary/aromatic N) is 1. The van der Waals surface area contributed by atoms with Gasteiger partial charge < -0.3 is 10.3 Å². The van der Waals surface area contributed by atoms with Crippen LogP contribution < -0.4 is 5.32 Å². The van der Waals surface area contributed by atoms with Gasteiger partial charge in [0.2, 0.25) is 0 Å². The maximum Gasteiger partial charge on any atom is 0.126 e. The molecule has 3 nitrogen and oxygen atoms in total. The molecule has 2 aromatic rings. The molecule has 0 aliphatic heterocycles. The Morgan fingerprint density at radius 1 is 1.35 bits per heavy atom. The molecule has 0 aliphatic carbocycles. The van der Waals surface area contributed by atoms with Crippen LogP contribution in [0.15, 0.2) is 18.2 Å². The van der Waals surface area contributed by atoms with E-state index in [2.05, 4.69) is 15.3 Å². The maximum absolute atomic E-state index is 13.2. The number of aromatic amines is 1. The lowest BCUT2D eigenvalue weighted by Gasteiger charge is -2.01. The molecule has 1 aromatic heterocycles. The van der Waals surface area contributed by atoms with Crippen molar-refractivity contribution in [3.8, 4) is 11.3 Å². The van der Waals surface area contributed by atoms with Crippen molar-refractivity contribution in [2.24, 2.45) is 0 Å². The molecule has 90 valence electrons. The Kier molecular flexibility index (Phi) is 3.24. The summed E-state index contributed by atoms with van der Waals surface area (Å²) < 4.78 is 13.2. The molecule has 2 rings (SSSR count). The third-order valence-corrected chi connectivity index (χ3v) is 2.71. The number of benzene rings is 1. The molecule has 1 heterocycles. The van der Waals surface area contributed by atoms with E-state index in [0.717, 1.165) is 22.8 Å². The Balaban J connectivity index is 2.41. The fourth-order valence-electron chi connectivity index (χ4n) is 1.85. The molecule has 0 saturated heterocycles. The standard InChI is InChI=1S/C13H16FN3/c1-8-6-10(4-5-11(8)14)13-9(2)16-12(17-13)7-15-3/h4-6,15H,7H2,1-3H3,(H,16,17). The summed E-state index contributed by atoms with van der Waals surface area (Å²) in [6.07, 6.45) is 0. The van der Waals surface area contributed by atoms with Gasteiger partial charge in [-0.05, 0) is 44.7 Å². The van der Waals surface area contributed by atoms with Crippen molar-refractivity contribution >= 4 is 0 Å². The van der Waals surface area contributed by atoms with Gasteiger partial charge in [0.25, 0.3) is 0 Å². The van der Waals surface area contributed by atoms with Gasteiger partial charge in [-0.3, -0.25) is 0 Å². The summed E-state index contributed by atoms with van der Waals surface area (Å²) in [6, 6.07) is 5.06. The van der Waals surface area contributed by atoms with Crippen molar-refractivity contribution in [1.29, 1.82) is 0 Å². The molecular formula is C13H16FN3. The zero-order valence-corrected chi connectivity index (χ0v) is 10.3. The van der Waals surface area contributed by atoms with Crippen LogP contribution in [0.2, 0.25) is 0 Å². The average molecular weight is 233 g/mol. The second-order valence-corrected chi connectivity index (χ2v) is 4.15. The Morgan fingerprint density at radius 3 is 2.76 bits per heavy atom. The van der Waals surface area contributed by atoms with E-state index in [0.29, 0.717) is 12.1 Å². The molecular weight excluding hydrogens is 217 g/mol. The fourth-order valence-corrected chi connectivity index (χ4v) is 1.85. The highest BCUT2D eigenvalue weighted by Crippen LogP contribution is 2.23. The highest BCUT2D eigenvalue weighted by molar-refractivity contribution is 5.62. The number of hydrogen-bond donors (Lipinski definition) is 2. The second-order valence-electron chi connectivity index (χ2n) is 4.15. The predicted octanol–water partition coefficient (Wildman–Crippen LogP) is 2.55. The number of halogens is 1. The van der Waals surface area contributed by atoms with Crippen molar-refractivity contribution in [1.82, 2.24) is 15.3 Å². The molecule has 2 N–H and O–H groups in total. The molecule has 0 aliphatic rings. The van der Waals surface area contributed by atoms with E-state index in [-0.39, 0.29) is 5.82 Å². The molecule has 1 aromatic carbocycles. The molecule has 0 saturated carbocycles. The van der Waals surface area contributed by atoms with Crippen LogP contribution in [-0.4, -0.2) is 17.0 Å². The summed E-state index contributed by atoms with van der Waals surface area (Å²) in [7, 11) is 1.87. The lowest BCUT2D eigenvalue weighted by Crippen LogP contribution is -2.06. The number of rotatable bonds is 3. The van der Waals surface area contributed by atoms with Gasteiger partial charge >= 0.3 is 0 Å². The Bertz CT molecular complexity index is 531. The van der Waals surface area contributed by atoms with E-state index in [9.17, 15) is 4.39 Å². The normalized spacial score (nSPS) is 10.8. The monoisotopic (exact) mass is 233 g/mol. The fraction of sp³-hybridized carbons (Fsp3) is 0.308. The van der Waals surface area contributed by atoms with Crippen molar-refractivity contribution < 1.29 is 4.39 Å². The second kappa shape index (κ2) is 4.67. The number of imidazole rings is 1. The first-order chi connectivity index (χ1) is 8.11. The van der Waals surface area contributed by atoms with Crippen molar-refractivity contribution in [2.75, 3.05) is 7.05 Å². The molecule has 0 atom stereocenters. The SMILES string of the molecule is CNCc1nc(-c2ccc(F)c(C)c2)c(C)[nH]1. The van der Waals surface area contributed by atoms with Gasteiger partial charge in [-0.25, -0.2) is 9.37 Å². The molecule has 0 spiro atoms. The summed E-state index contributed by atoms with van der Waals surface area (Å²) in [5.41, 5.74) is 3.47. The topological polar surface area (TPSA) is 40.7 Å². The first-order valence-corrected chi connectivity index (χ1v) is 5.58. The average Bonchev–Trinajstić information content (AvgIpc) is 2.64. The van der Waals surface area contributed by atoms with Crippen LogP contribution in [0, 0.1) is 19.7 Å². The van der Waals surface area contributed by atoms with Crippen molar-refractivity contribution in [2.45, 2.75) is 20.4 Å².